The molecule has 0 spiro atoms. The van der Waals surface area contributed by atoms with Gasteiger partial charge in [0, 0.05) is 11.7 Å². The van der Waals surface area contributed by atoms with Crippen LogP contribution in [0.25, 0.3) is 0 Å². The summed E-state index contributed by atoms with van der Waals surface area (Å²) in [7, 11) is -3.84. The van der Waals surface area contributed by atoms with Gasteiger partial charge in [0.1, 0.15) is 5.75 Å². The Bertz CT molecular complexity index is 1080. The number of rotatable bonds is 9. The van der Waals surface area contributed by atoms with Crippen LogP contribution >= 0.6 is 0 Å². The molecule has 2 rings (SSSR count). The Morgan fingerprint density at radius 3 is 2.09 bits per heavy atom. The SMILES string of the molecule is CCOc1ccc(S(=O)(=O)Nc2ccc(C(=O)OC(C)C(=O)NC(=O)NC(C)C)cc2)cc1. The summed E-state index contributed by atoms with van der Waals surface area (Å²) in [6.07, 6.45) is -1.21. The van der Waals surface area contributed by atoms with E-state index in [1.165, 1.54) is 43.3 Å². The topological polar surface area (TPSA) is 140 Å². The van der Waals surface area contributed by atoms with E-state index < -0.39 is 34.0 Å². The van der Waals surface area contributed by atoms with Gasteiger partial charge in [0.05, 0.1) is 17.1 Å². The van der Waals surface area contributed by atoms with E-state index in [4.69, 9.17) is 9.47 Å². The average Bonchev–Trinajstić information content (AvgIpc) is 2.74. The van der Waals surface area contributed by atoms with Crippen molar-refractivity contribution in [2.45, 2.75) is 44.7 Å². The number of hydrogen-bond acceptors (Lipinski definition) is 7. The number of hydrogen-bond donors (Lipinski definition) is 3. The minimum absolute atomic E-state index is 0.0516. The van der Waals surface area contributed by atoms with Crippen molar-refractivity contribution in [3.63, 3.8) is 0 Å². The molecule has 1 unspecified atom stereocenters. The zero-order valence-corrected chi connectivity index (χ0v) is 19.6. The molecule has 2 aromatic rings. The Morgan fingerprint density at radius 1 is 0.939 bits per heavy atom. The van der Waals surface area contributed by atoms with E-state index in [9.17, 15) is 22.8 Å². The molecule has 0 aliphatic heterocycles. The molecule has 0 radical (unpaired) electrons. The van der Waals surface area contributed by atoms with Crippen molar-refractivity contribution < 1.29 is 32.3 Å². The number of esters is 1. The van der Waals surface area contributed by atoms with Gasteiger partial charge in [-0.05, 0) is 76.2 Å². The molecule has 0 heterocycles. The molecule has 0 aromatic heterocycles. The molecule has 3 N–H and O–H groups in total. The molecule has 0 fully saturated rings. The first-order chi connectivity index (χ1) is 15.5. The van der Waals surface area contributed by atoms with Gasteiger partial charge in [0.25, 0.3) is 15.9 Å². The number of carbonyl (C=O) groups excluding carboxylic acids is 3. The molecule has 0 aliphatic rings. The van der Waals surface area contributed by atoms with E-state index >= 15 is 0 Å². The van der Waals surface area contributed by atoms with E-state index in [2.05, 4.69) is 15.4 Å². The van der Waals surface area contributed by atoms with Crippen molar-refractivity contribution in [2.24, 2.45) is 0 Å². The third-order valence-electron chi connectivity index (χ3n) is 4.13. The van der Waals surface area contributed by atoms with Gasteiger partial charge < -0.3 is 14.8 Å². The lowest BCUT2D eigenvalue weighted by atomic mass is 10.2. The highest BCUT2D eigenvalue weighted by Gasteiger charge is 2.21. The molecule has 2 aromatic carbocycles. The number of ether oxygens (including phenoxy) is 2. The molecule has 33 heavy (non-hydrogen) atoms. The normalized spacial score (nSPS) is 11.9. The first-order valence-corrected chi connectivity index (χ1v) is 11.7. The van der Waals surface area contributed by atoms with Crippen LogP contribution in [-0.4, -0.2) is 45.1 Å². The summed E-state index contributed by atoms with van der Waals surface area (Å²) in [5, 5.41) is 4.56. The van der Waals surface area contributed by atoms with E-state index in [1.54, 1.807) is 26.0 Å². The summed E-state index contributed by atoms with van der Waals surface area (Å²) in [6.45, 7) is 7.09. The molecule has 0 aliphatic carbocycles. The fourth-order valence-corrected chi connectivity index (χ4v) is 3.62. The number of carbonyl (C=O) groups is 3. The van der Waals surface area contributed by atoms with Gasteiger partial charge in [-0.3, -0.25) is 14.8 Å². The second kappa shape index (κ2) is 11.3. The smallest absolute Gasteiger partial charge is 0.338 e. The fraction of sp³-hybridized carbons (Fsp3) is 0.318. The van der Waals surface area contributed by atoms with Crippen LogP contribution in [0.4, 0.5) is 10.5 Å². The molecular formula is C22H27N3O7S. The zero-order valence-electron chi connectivity index (χ0n) is 18.7. The second-order valence-electron chi connectivity index (χ2n) is 7.25. The summed E-state index contributed by atoms with van der Waals surface area (Å²) in [5.41, 5.74) is 0.335. The monoisotopic (exact) mass is 477 g/mol. The third-order valence-corrected chi connectivity index (χ3v) is 5.52. The molecule has 178 valence electrons. The summed E-state index contributed by atoms with van der Waals surface area (Å²) in [4.78, 5) is 35.9. The van der Waals surface area contributed by atoms with Crippen molar-refractivity contribution in [2.75, 3.05) is 11.3 Å². The van der Waals surface area contributed by atoms with Gasteiger partial charge in [-0.1, -0.05) is 0 Å². The minimum atomic E-state index is -3.84. The van der Waals surface area contributed by atoms with Crippen LogP contribution in [0.2, 0.25) is 0 Å². The maximum absolute atomic E-state index is 12.5. The Kier molecular flexibility index (Phi) is 8.80. The first-order valence-electron chi connectivity index (χ1n) is 10.2. The van der Waals surface area contributed by atoms with Gasteiger partial charge in [0.2, 0.25) is 0 Å². The predicted octanol–water partition coefficient (Wildman–Crippen LogP) is 2.67. The highest BCUT2D eigenvalue weighted by Crippen LogP contribution is 2.20. The van der Waals surface area contributed by atoms with Gasteiger partial charge in [-0.15, -0.1) is 0 Å². The number of nitrogens with one attached hydrogen (secondary N) is 3. The molecule has 0 bridgehead atoms. The largest absolute Gasteiger partial charge is 0.494 e. The number of amides is 3. The van der Waals surface area contributed by atoms with Crippen LogP contribution in [0.5, 0.6) is 5.75 Å². The fourth-order valence-electron chi connectivity index (χ4n) is 2.56. The molecule has 0 saturated heterocycles. The van der Waals surface area contributed by atoms with Gasteiger partial charge in [-0.2, -0.15) is 0 Å². The summed E-state index contributed by atoms with van der Waals surface area (Å²) < 4.78 is 37.9. The lowest BCUT2D eigenvalue weighted by molar-refractivity contribution is -0.127. The molecule has 10 nitrogen and oxygen atoms in total. The third kappa shape index (κ3) is 7.79. The van der Waals surface area contributed by atoms with E-state index in [0.717, 1.165) is 0 Å². The quantitative estimate of drug-likeness (QED) is 0.472. The number of sulfonamides is 1. The number of urea groups is 1. The molecule has 3 amide bonds. The van der Waals surface area contributed by atoms with Crippen molar-refractivity contribution in [3.8, 4) is 5.75 Å². The predicted molar refractivity (Wildman–Crippen MR) is 122 cm³/mol. The summed E-state index contributed by atoms with van der Waals surface area (Å²) >= 11 is 0. The maximum Gasteiger partial charge on any atom is 0.338 e. The Balaban J connectivity index is 1.97. The van der Waals surface area contributed by atoms with Crippen LogP contribution in [0.15, 0.2) is 53.4 Å². The Morgan fingerprint density at radius 2 is 1.55 bits per heavy atom. The first kappa shape index (κ1) is 25.7. The van der Waals surface area contributed by atoms with Crippen LogP contribution < -0.4 is 20.1 Å². The Labute approximate surface area is 192 Å². The molecule has 1 atom stereocenters. The van der Waals surface area contributed by atoms with Crippen molar-refractivity contribution in [1.82, 2.24) is 10.6 Å². The van der Waals surface area contributed by atoms with Crippen LogP contribution in [0, 0.1) is 0 Å². The van der Waals surface area contributed by atoms with Gasteiger partial charge in [0.15, 0.2) is 6.10 Å². The van der Waals surface area contributed by atoms with E-state index in [1.807, 2.05) is 6.92 Å². The number of anilines is 1. The van der Waals surface area contributed by atoms with Crippen molar-refractivity contribution in [1.29, 1.82) is 0 Å². The van der Waals surface area contributed by atoms with Gasteiger partial charge in [-0.25, -0.2) is 18.0 Å². The Hall–Kier alpha value is -3.60. The summed E-state index contributed by atoms with van der Waals surface area (Å²) in [5.74, 6) is -1.02. The summed E-state index contributed by atoms with van der Waals surface area (Å²) in [6, 6.07) is 10.6. The minimum Gasteiger partial charge on any atom is -0.494 e. The second-order valence-corrected chi connectivity index (χ2v) is 8.93. The van der Waals surface area contributed by atoms with Gasteiger partial charge >= 0.3 is 12.0 Å². The van der Waals surface area contributed by atoms with Crippen molar-refractivity contribution >= 4 is 33.6 Å². The highest BCUT2D eigenvalue weighted by atomic mass is 32.2. The van der Waals surface area contributed by atoms with E-state index in [0.29, 0.717) is 12.4 Å². The number of benzene rings is 2. The highest BCUT2D eigenvalue weighted by molar-refractivity contribution is 7.92. The molecule has 0 saturated carbocycles. The molecule has 11 heteroatoms. The van der Waals surface area contributed by atoms with Crippen LogP contribution in [-0.2, 0) is 19.6 Å². The van der Waals surface area contributed by atoms with Crippen LogP contribution in [0.1, 0.15) is 38.1 Å². The molecular weight excluding hydrogens is 450 g/mol. The lowest BCUT2D eigenvalue weighted by Gasteiger charge is -2.14. The van der Waals surface area contributed by atoms with Crippen molar-refractivity contribution in [3.05, 3.63) is 54.1 Å². The van der Waals surface area contributed by atoms with E-state index in [-0.39, 0.29) is 22.2 Å². The number of imide groups is 1. The van der Waals surface area contributed by atoms with Crippen LogP contribution in [0.3, 0.4) is 0 Å². The maximum atomic E-state index is 12.5. The average molecular weight is 478 g/mol. The lowest BCUT2D eigenvalue weighted by Crippen LogP contribution is -2.46. The zero-order chi connectivity index (χ0) is 24.6. The standard InChI is InChI=1S/C22H27N3O7S/c1-5-31-18-10-12-19(13-11-18)33(29,30)25-17-8-6-16(7-9-17)21(27)32-15(4)20(26)24-22(28)23-14(2)3/h6-15,25H,5H2,1-4H3,(H2,23,24,26,28).